The lowest BCUT2D eigenvalue weighted by Crippen LogP contribution is -2.17. The van der Waals surface area contributed by atoms with Gasteiger partial charge in [0.25, 0.3) is 0 Å². The van der Waals surface area contributed by atoms with Crippen molar-refractivity contribution in [3.8, 4) is 0 Å². The predicted octanol–water partition coefficient (Wildman–Crippen LogP) is 15.4. The van der Waals surface area contributed by atoms with Crippen LogP contribution in [-0.2, 0) is 0 Å². The van der Waals surface area contributed by atoms with E-state index >= 15 is 0 Å². The molecule has 0 saturated carbocycles. The van der Waals surface area contributed by atoms with Crippen molar-refractivity contribution in [1.29, 1.82) is 0 Å². The molecule has 0 fully saturated rings. The second-order valence-electron chi connectivity index (χ2n) is 12.4. The maximum Gasteiger partial charge on any atom is 0.338 e. The van der Waals surface area contributed by atoms with Crippen molar-refractivity contribution in [3.05, 3.63) is 39.3 Å². The van der Waals surface area contributed by atoms with Crippen LogP contribution in [0.25, 0.3) is 0 Å². The van der Waals surface area contributed by atoms with Crippen molar-refractivity contribution in [2.45, 2.75) is 165 Å². The average molecular weight is 1040 g/mol. The van der Waals surface area contributed by atoms with Crippen LogP contribution in [0.3, 0.4) is 0 Å². The van der Waals surface area contributed by atoms with E-state index in [0.717, 1.165) is 0 Å². The van der Waals surface area contributed by atoms with Crippen LogP contribution in [0.4, 0.5) is 0 Å². The zero-order chi connectivity index (χ0) is 72.2. The number of carboxylic acid groups (broad SMARTS) is 3. The fraction of sp³-hybridized carbons (Fsp3) is 0.450. The molecule has 0 atom stereocenters. The Balaban J connectivity index is 1.73. The van der Waals surface area contributed by atoms with Gasteiger partial charge in [-0.2, -0.15) is 0 Å². The van der Waals surface area contributed by atoms with Crippen molar-refractivity contribution in [1.82, 2.24) is 0 Å². The normalized spacial score (nSPS) is 34.5. The van der Waals surface area contributed by atoms with E-state index in [-0.39, 0.29) is 141 Å². The van der Waals surface area contributed by atoms with Crippen LogP contribution >= 0.6 is 141 Å². The molecule has 0 bridgehead atoms. The summed E-state index contributed by atoms with van der Waals surface area (Å²) >= 11 is -3.13. The van der Waals surface area contributed by atoms with Crippen molar-refractivity contribution in [2.75, 3.05) is 0 Å². The van der Waals surface area contributed by atoms with Crippen molar-refractivity contribution < 1.29 is 79.1 Å². The SMILES string of the molecule is [2H]C([2H])([2H])C1(C([2H])([2H])[2H])Sc2c(c(C(=O)O)c3c(c2[C](c2c4c(c(C(=O)O)c5c2SC(C([2H])([2H])[2H])(C([2H])([2H])[2H])S5)SC(C([2H])([2H])[2H])(C([2H])([2H])[2H])S4)c2c4c(c(C(=O)O)c5c2SC(C([2H])([2H])[2H])(C([2H])([2H])[2H])S5)SC(C([2H])([2H])[2H])(C([2H])([2H])[2H])S4)SC(C([2H])([2H])[2H])(C([2H])([2H])[2H])S3)S1. The molecule has 58 heavy (non-hydrogen) atoms. The molecule has 1 radical (unpaired) electrons. The van der Waals surface area contributed by atoms with Crippen LogP contribution < -0.4 is 0 Å². The summed E-state index contributed by atoms with van der Waals surface area (Å²) < 4.78 is 300. The number of rotatable bonds is 6. The van der Waals surface area contributed by atoms with E-state index in [1.165, 1.54) is 0 Å². The summed E-state index contributed by atoms with van der Waals surface area (Å²) in [7, 11) is 0. The number of carbonyl (C=O) groups is 3. The van der Waals surface area contributed by atoms with Gasteiger partial charge in [-0.3, -0.25) is 0 Å². The number of hydrogen-bond donors (Lipinski definition) is 3. The topological polar surface area (TPSA) is 112 Å². The first-order valence-electron chi connectivity index (χ1n) is 33.2. The van der Waals surface area contributed by atoms with Gasteiger partial charge in [-0.05, 0) is 98.9 Å². The van der Waals surface area contributed by atoms with E-state index < -0.39 is 223 Å². The lowest BCUT2D eigenvalue weighted by atomic mass is 9.83. The molecule has 0 aliphatic carbocycles. The zero-order valence-electron chi connectivity index (χ0n) is 63.5. The quantitative estimate of drug-likeness (QED) is 0.203. The molecule has 3 aromatic carbocycles. The van der Waals surface area contributed by atoms with Crippen LogP contribution in [0, 0.1) is 5.92 Å². The molecule has 0 saturated heterocycles. The maximum atomic E-state index is 14.2. The smallest absolute Gasteiger partial charge is 0.338 e. The molecule has 0 amide bonds. The highest BCUT2D eigenvalue weighted by Gasteiger charge is 2.54. The Morgan fingerprint density at radius 1 is 0.310 bits per heavy atom. The number of fused-ring (bicyclic) bond motifs is 6. The zero-order valence-corrected chi connectivity index (χ0v) is 37.3. The molecule has 0 aromatic heterocycles. The first kappa shape index (κ1) is 18.3. The van der Waals surface area contributed by atoms with Crippen LogP contribution in [0.1, 0.15) is 179 Å². The van der Waals surface area contributed by atoms with E-state index in [4.69, 9.17) is 49.3 Å². The van der Waals surface area contributed by atoms with Gasteiger partial charge in [0, 0.05) is 108 Å². The molecule has 3 aromatic rings. The van der Waals surface area contributed by atoms with E-state index in [9.17, 15) is 29.7 Å². The third-order valence-corrected chi connectivity index (χ3v) is 22.9. The molecule has 6 aliphatic heterocycles. The fourth-order valence-corrected chi connectivity index (χ4v) is 21.9. The van der Waals surface area contributed by atoms with E-state index in [1.54, 1.807) is 0 Å². The van der Waals surface area contributed by atoms with E-state index in [2.05, 4.69) is 0 Å². The van der Waals surface area contributed by atoms with Gasteiger partial charge in [0.1, 0.15) is 0 Å². The van der Waals surface area contributed by atoms with Crippen molar-refractivity contribution >= 4 is 159 Å². The molecule has 9 rings (SSSR count). The summed E-state index contributed by atoms with van der Waals surface area (Å²) in [4.78, 5) is 30.3. The first-order valence-corrected chi connectivity index (χ1v) is 25.0. The monoisotopic (exact) mass is 1040 g/mol. The fourth-order valence-electron chi connectivity index (χ4n) is 6.64. The van der Waals surface area contributed by atoms with Crippen molar-refractivity contribution in [3.63, 3.8) is 0 Å². The van der Waals surface area contributed by atoms with Crippen molar-refractivity contribution in [2.24, 2.45) is 0 Å². The van der Waals surface area contributed by atoms with Crippen LogP contribution in [-0.4, -0.2) is 57.7 Å². The summed E-state index contributed by atoms with van der Waals surface area (Å²) in [5.74, 6) is -7.78. The highest BCUT2D eigenvalue weighted by atomic mass is 32.2. The Hall–Kier alpha value is 0.270. The second kappa shape index (κ2) is 13.9. The number of aromatic carboxylic acids is 3. The third-order valence-electron chi connectivity index (χ3n) is 8.30. The van der Waals surface area contributed by atoms with Gasteiger partial charge in [0.05, 0.1) is 47.1 Å². The van der Waals surface area contributed by atoms with E-state index in [0.29, 0.717) is 0 Å². The van der Waals surface area contributed by atoms with Crippen LogP contribution in [0.5, 0.6) is 0 Å². The Morgan fingerprint density at radius 2 is 0.448 bits per heavy atom. The van der Waals surface area contributed by atoms with Gasteiger partial charge in [-0.25, -0.2) is 14.4 Å². The number of benzene rings is 3. The predicted molar refractivity (Wildman–Crippen MR) is 256 cm³/mol. The number of carboxylic acids is 3. The average Bonchev–Trinajstić information content (AvgIpc) is 1.50. The Kier molecular flexibility index (Phi) is 4.38. The minimum Gasteiger partial charge on any atom is -0.478 e. The molecule has 0 unspecified atom stereocenters. The summed E-state index contributed by atoms with van der Waals surface area (Å²) in [5, 5.41) is 34.4. The summed E-state index contributed by atoms with van der Waals surface area (Å²) in [5.41, 5.74) is -7.14. The molecular weight excluding hydrogens is 961 g/mol. The van der Waals surface area contributed by atoms with Gasteiger partial charge in [0.2, 0.25) is 0 Å². The molecule has 6 nitrogen and oxygen atoms in total. The Morgan fingerprint density at radius 3 is 0.569 bits per heavy atom. The highest BCUT2D eigenvalue weighted by Crippen LogP contribution is 2.74. The molecular formula is C40H39O6S12. The van der Waals surface area contributed by atoms with Gasteiger partial charge < -0.3 is 15.3 Å². The molecule has 307 valence electrons. The number of hydrogen-bond acceptors (Lipinski definition) is 15. The summed E-state index contributed by atoms with van der Waals surface area (Å²) in [6.45, 7) is -46.7. The largest absolute Gasteiger partial charge is 0.478 e. The number of thioether (sulfide) groups is 12. The molecule has 18 heteroatoms. The lowest BCUT2D eigenvalue weighted by Gasteiger charge is -2.31. The first-order chi connectivity index (χ1) is 41.6. The van der Waals surface area contributed by atoms with Gasteiger partial charge in [0.15, 0.2) is 0 Å². The van der Waals surface area contributed by atoms with Gasteiger partial charge >= 0.3 is 17.9 Å². The second-order valence-corrected chi connectivity index (χ2v) is 28.7. The minimum absolute atomic E-state index is 0.252. The molecule has 3 N–H and O–H groups in total. The van der Waals surface area contributed by atoms with E-state index in [1.807, 2.05) is 0 Å². The molecule has 6 heterocycles. The van der Waals surface area contributed by atoms with Gasteiger partial charge in [-0.15, -0.1) is 141 Å². The Labute approximate surface area is 440 Å². The maximum absolute atomic E-state index is 14.2. The Bertz CT molecular complexity index is 3110. The molecule has 0 spiro atoms. The van der Waals surface area contributed by atoms with Gasteiger partial charge in [-0.1, -0.05) is 0 Å². The lowest BCUT2D eigenvalue weighted by molar-refractivity contribution is 0.0677. The summed E-state index contributed by atoms with van der Waals surface area (Å²) in [6.07, 6.45) is 0. The van der Waals surface area contributed by atoms with Crippen LogP contribution in [0.15, 0.2) is 58.7 Å². The summed E-state index contributed by atoms with van der Waals surface area (Å²) in [6, 6.07) is 0. The van der Waals surface area contributed by atoms with Crippen LogP contribution in [0.2, 0.25) is 0 Å². The third kappa shape index (κ3) is 7.04. The highest BCUT2D eigenvalue weighted by molar-refractivity contribution is 8.23. The molecule has 6 aliphatic rings. The standard InChI is InChI=1S/C40H39O6S12/c1-35(2)47-20-14(21-27(54-36(3,4)48-21)17(32(41)42)26(20)53-35)13(15-22-28(55-37(5,6)49-22)18(33(43)44)29-23(15)50-38(7,8)56-29)16-24-30(57-39(9,10)51-24)19(34(45)46)31-25(16)52-40(11,12)58-31/h1-12H3,(H,41,42)(H,43,44)(H,45,46)/i1D3,2D3,3D3,4D3,5D3,6D3,7D3,8D3,9D3,10D3,11D3,12D3. The minimum atomic E-state index is -3.89.